The first kappa shape index (κ1) is 29.2. The van der Waals surface area contributed by atoms with E-state index in [9.17, 15) is 20.4 Å². The lowest BCUT2D eigenvalue weighted by Crippen LogP contribution is -2.04. The SMILES string of the molecule is OCc1ccccc1-c1cc(-c2ccccc2)c(-c2ccccc2CO)c(-c2ccccc2CO)c1-c1ccccc1CO. The molecule has 0 saturated heterocycles. The third-order valence-corrected chi connectivity index (χ3v) is 8.26. The summed E-state index contributed by atoms with van der Waals surface area (Å²) in [5, 5.41) is 42.3. The Bertz CT molecular complexity index is 1910. The molecule has 0 fully saturated rings. The van der Waals surface area contributed by atoms with Crippen LogP contribution in [0.25, 0.3) is 55.6 Å². The number of aliphatic hydroxyl groups excluding tert-OH is 4. The van der Waals surface area contributed by atoms with Crippen molar-refractivity contribution in [2.75, 3.05) is 0 Å². The van der Waals surface area contributed by atoms with Gasteiger partial charge in [0.2, 0.25) is 0 Å². The number of rotatable bonds is 9. The molecular weight excluding hydrogens is 544 g/mol. The summed E-state index contributed by atoms with van der Waals surface area (Å²) in [7, 11) is 0. The van der Waals surface area contributed by atoms with Gasteiger partial charge < -0.3 is 20.4 Å². The number of hydrogen-bond acceptors (Lipinski definition) is 4. The van der Waals surface area contributed by atoms with E-state index in [1.54, 1.807) is 0 Å². The molecule has 0 aromatic heterocycles. The summed E-state index contributed by atoms with van der Waals surface area (Å²) in [5.41, 5.74) is 12.0. The van der Waals surface area contributed by atoms with Crippen LogP contribution in [0.1, 0.15) is 22.3 Å². The fourth-order valence-corrected chi connectivity index (χ4v) is 6.20. The van der Waals surface area contributed by atoms with Gasteiger partial charge in [-0.2, -0.15) is 0 Å². The zero-order chi connectivity index (χ0) is 30.5. The van der Waals surface area contributed by atoms with Crippen LogP contribution in [0.2, 0.25) is 0 Å². The third kappa shape index (κ3) is 5.37. The van der Waals surface area contributed by atoms with Crippen LogP contribution < -0.4 is 0 Å². The Kier molecular flexibility index (Phi) is 8.78. The van der Waals surface area contributed by atoms with Crippen LogP contribution in [0, 0.1) is 0 Å². The lowest BCUT2D eigenvalue weighted by molar-refractivity contribution is 0.282. The second-order valence-electron chi connectivity index (χ2n) is 10.7. The highest BCUT2D eigenvalue weighted by Gasteiger charge is 2.27. The highest BCUT2D eigenvalue weighted by molar-refractivity contribution is 6.08. The van der Waals surface area contributed by atoms with Gasteiger partial charge in [-0.1, -0.05) is 127 Å². The Balaban J connectivity index is 1.94. The molecule has 4 N–H and O–H groups in total. The van der Waals surface area contributed by atoms with Crippen LogP contribution >= 0.6 is 0 Å². The van der Waals surface area contributed by atoms with E-state index in [1.165, 1.54) is 0 Å². The molecule has 0 atom stereocenters. The van der Waals surface area contributed by atoms with Gasteiger partial charge in [0.1, 0.15) is 0 Å². The van der Waals surface area contributed by atoms with Crippen LogP contribution in [-0.2, 0) is 26.4 Å². The topological polar surface area (TPSA) is 80.9 Å². The zero-order valence-electron chi connectivity index (χ0n) is 24.3. The fraction of sp³-hybridized carbons (Fsp3) is 0.100. The second kappa shape index (κ2) is 13.2. The molecule has 6 aromatic rings. The zero-order valence-corrected chi connectivity index (χ0v) is 24.3. The van der Waals surface area contributed by atoms with E-state index in [1.807, 2.05) is 115 Å². The van der Waals surface area contributed by atoms with Crippen LogP contribution in [0.3, 0.4) is 0 Å². The summed E-state index contributed by atoms with van der Waals surface area (Å²) in [6.45, 7) is -0.628. The van der Waals surface area contributed by atoms with Crippen molar-refractivity contribution in [2.24, 2.45) is 0 Å². The summed E-state index contributed by atoms with van der Waals surface area (Å²) in [6.07, 6.45) is 0. The number of benzene rings is 6. The largest absolute Gasteiger partial charge is 0.392 e. The molecule has 6 aromatic carbocycles. The molecule has 0 bridgehead atoms. The van der Waals surface area contributed by atoms with E-state index in [0.29, 0.717) is 0 Å². The van der Waals surface area contributed by atoms with Gasteiger partial charge in [-0.15, -0.1) is 0 Å². The summed E-state index contributed by atoms with van der Waals surface area (Å²) >= 11 is 0. The molecule has 4 nitrogen and oxygen atoms in total. The first-order valence-electron chi connectivity index (χ1n) is 14.7. The molecule has 44 heavy (non-hydrogen) atoms. The molecule has 0 aliphatic carbocycles. The van der Waals surface area contributed by atoms with Crippen molar-refractivity contribution in [3.8, 4) is 55.6 Å². The van der Waals surface area contributed by atoms with Crippen LogP contribution in [0.4, 0.5) is 0 Å². The molecule has 0 saturated carbocycles. The Morgan fingerprint density at radius 3 is 1.09 bits per heavy atom. The summed E-state index contributed by atoms with van der Waals surface area (Å²) < 4.78 is 0. The monoisotopic (exact) mass is 578 g/mol. The molecule has 0 heterocycles. The maximum atomic E-state index is 10.6. The molecule has 0 amide bonds. The molecule has 0 unspecified atom stereocenters. The van der Waals surface area contributed by atoms with E-state index in [-0.39, 0.29) is 26.4 Å². The first-order chi connectivity index (χ1) is 21.7. The normalized spacial score (nSPS) is 11.1. The van der Waals surface area contributed by atoms with Crippen molar-refractivity contribution >= 4 is 0 Å². The van der Waals surface area contributed by atoms with Gasteiger partial charge in [-0.3, -0.25) is 0 Å². The summed E-state index contributed by atoms with van der Waals surface area (Å²) in [4.78, 5) is 0. The molecule has 0 aliphatic rings. The van der Waals surface area contributed by atoms with Gasteiger partial charge in [0.25, 0.3) is 0 Å². The minimum absolute atomic E-state index is 0.143. The van der Waals surface area contributed by atoms with Crippen molar-refractivity contribution in [1.82, 2.24) is 0 Å². The maximum absolute atomic E-state index is 10.6. The molecule has 6 rings (SSSR count). The minimum Gasteiger partial charge on any atom is -0.392 e. The predicted molar refractivity (Wildman–Crippen MR) is 177 cm³/mol. The molecule has 4 heteroatoms. The summed E-state index contributed by atoms with van der Waals surface area (Å²) in [6, 6.07) is 43.7. The van der Waals surface area contributed by atoms with Gasteiger partial charge in [-0.25, -0.2) is 0 Å². The van der Waals surface area contributed by atoms with Crippen molar-refractivity contribution in [3.63, 3.8) is 0 Å². The fourth-order valence-electron chi connectivity index (χ4n) is 6.20. The molecular formula is C40H34O4. The second-order valence-corrected chi connectivity index (χ2v) is 10.7. The molecule has 218 valence electrons. The van der Waals surface area contributed by atoms with E-state index >= 15 is 0 Å². The highest BCUT2D eigenvalue weighted by atomic mass is 16.3. The smallest absolute Gasteiger partial charge is 0.0687 e. The van der Waals surface area contributed by atoms with E-state index in [4.69, 9.17) is 0 Å². The van der Waals surface area contributed by atoms with Crippen molar-refractivity contribution in [2.45, 2.75) is 26.4 Å². The average Bonchev–Trinajstić information content (AvgIpc) is 3.11. The van der Waals surface area contributed by atoms with E-state index in [2.05, 4.69) is 18.2 Å². The predicted octanol–water partition coefficient (Wildman–Crippen LogP) is 7.99. The average molecular weight is 579 g/mol. The van der Waals surface area contributed by atoms with Gasteiger partial charge >= 0.3 is 0 Å². The van der Waals surface area contributed by atoms with Crippen molar-refractivity contribution < 1.29 is 20.4 Å². The number of hydrogen-bond donors (Lipinski definition) is 4. The van der Waals surface area contributed by atoms with Crippen LogP contribution in [-0.4, -0.2) is 20.4 Å². The lowest BCUT2D eigenvalue weighted by Gasteiger charge is -2.27. The van der Waals surface area contributed by atoms with E-state index in [0.717, 1.165) is 77.9 Å². The Morgan fingerprint density at radius 2 is 0.636 bits per heavy atom. The van der Waals surface area contributed by atoms with Gasteiger partial charge in [-0.05, 0) is 84.0 Å². The standard InChI is InChI=1S/C40H34O4/c41-23-28-14-4-8-18-32(28)37-22-36(27-12-2-1-3-13-27)38(33-19-9-5-15-29(33)24-42)40(35-21-11-7-17-31(35)26-44)39(37)34-20-10-6-16-30(34)25-43/h1-22,41-44H,23-26H2. The Labute approximate surface area is 257 Å². The van der Waals surface area contributed by atoms with Crippen LogP contribution in [0.15, 0.2) is 133 Å². The molecule has 0 radical (unpaired) electrons. The molecule has 0 spiro atoms. The van der Waals surface area contributed by atoms with Gasteiger partial charge in [0, 0.05) is 0 Å². The Hall–Kier alpha value is -4.84. The highest BCUT2D eigenvalue weighted by Crippen LogP contribution is 2.52. The van der Waals surface area contributed by atoms with E-state index < -0.39 is 0 Å². The van der Waals surface area contributed by atoms with Crippen molar-refractivity contribution in [3.05, 3.63) is 156 Å². The summed E-state index contributed by atoms with van der Waals surface area (Å²) in [5.74, 6) is 0. The molecule has 0 aliphatic heterocycles. The van der Waals surface area contributed by atoms with Gasteiger partial charge in [0.15, 0.2) is 0 Å². The Morgan fingerprint density at radius 1 is 0.295 bits per heavy atom. The minimum atomic E-state index is -0.170. The third-order valence-electron chi connectivity index (χ3n) is 8.26. The van der Waals surface area contributed by atoms with Crippen molar-refractivity contribution in [1.29, 1.82) is 0 Å². The lowest BCUT2D eigenvalue weighted by atomic mass is 9.76. The van der Waals surface area contributed by atoms with Crippen LogP contribution in [0.5, 0.6) is 0 Å². The quantitative estimate of drug-likeness (QED) is 0.140. The first-order valence-corrected chi connectivity index (χ1v) is 14.7. The van der Waals surface area contributed by atoms with Gasteiger partial charge in [0.05, 0.1) is 26.4 Å². The number of aliphatic hydroxyl groups is 4. The maximum Gasteiger partial charge on any atom is 0.0687 e.